The SMILES string of the molecule is OC(COCc1ccccc1F)CSc1nnc(-c2ccncc2)n1Cc1ccccc1. The Labute approximate surface area is 190 Å². The number of rotatable bonds is 10. The van der Waals surface area contributed by atoms with Gasteiger partial charge in [-0.15, -0.1) is 10.2 Å². The number of halogens is 1. The van der Waals surface area contributed by atoms with Crippen molar-refractivity contribution >= 4 is 11.8 Å². The van der Waals surface area contributed by atoms with E-state index in [0.29, 0.717) is 23.0 Å². The van der Waals surface area contributed by atoms with E-state index in [4.69, 9.17) is 4.74 Å². The van der Waals surface area contributed by atoms with Crippen LogP contribution >= 0.6 is 11.8 Å². The zero-order valence-corrected chi connectivity index (χ0v) is 18.2. The van der Waals surface area contributed by atoms with Crippen LogP contribution in [0.4, 0.5) is 4.39 Å². The zero-order valence-electron chi connectivity index (χ0n) is 17.3. The van der Waals surface area contributed by atoms with Gasteiger partial charge in [0, 0.05) is 29.3 Å². The largest absolute Gasteiger partial charge is 0.390 e. The molecule has 0 radical (unpaired) electrons. The second-order valence-corrected chi connectivity index (χ2v) is 8.17. The quantitative estimate of drug-likeness (QED) is 0.365. The molecule has 8 heteroatoms. The summed E-state index contributed by atoms with van der Waals surface area (Å²) in [6, 6.07) is 20.3. The lowest BCUT2D eigenvalue weighted by atomic mass is 10.2. The third-order valence-corrected chi connectivity index (χ3v) is 5.88. The molecule has 0 bridgehead atoms. The number of ether oxygens (including phenoxy) is 1. The third kappa shape index (κ3) is 5.79. The fraction of sp³-hybridized carbons (Fsp3) is 0.208. The maximum absolute atomic E-state index is 13.7. The van der Waals surface area contributed by atoms with E-state index in [9.17, 15) is 9.50 Å². The van der Waals surface area contributed by atoms with Gasteiger partial charge in [-0.3, -0.25) is 9.55 Å². The van der Waals surface area contributed by atoms with Gasteiger partial charge in [0.1, 0.15) is 5.82 Å². The van der Waals surface area contributed by atoms with E-state index in [1.54, 1.807) is 30.6 Å². The van der Waals surface area contributed by atoms with E-state index >= 15 is 0 Å². The standard InChI is InChI=1S/C24H23FN4O2S/c25-22-9-5-4-8-20(22)15-31-16-21(30)17-32-24-28-27-23(19-10-12-26-13-11-19)29(24)14-18-6-2-1-3-7-18/h1-13,21,30H,14-17H2. The van der Waals surface area contributed by atoms with Crippen molar-refractivity contribution < 1.29 is 14.2 Å². The van der Waals surface area contributed by atoms with Gasteiger partial charge in [0.25, 0.3) is 0 Å². The summed E-state index contributed by atoms with van der Waals surface area (Å²) < 4.78 is 21.2. The first kappa shape index (κ1) is 22.1. The monoisotopic (exact) mass is 450 g/mol. The topological polar surface area (TPSA) is 73.1 Å². The molecule has 0 amide bonds. The van der Waals surface area contributed by atoms with Crippen molar-refractivity contribution in [2.45, 2.75) is 24.4 Å². The highest BCUT2D eigenvalue weighted by molar-refractivity contribution is 7.99. The van der Waals surface area contributed by atoms with E-state index in [1.165, 1.54) is 17.8 Å². The van der Waals surface area contributed by atoms with E-state index in [0.717, 1.165) is 17.0 Å². The van der Waals surface area contributed by atoms with Crippen LogP contribution < -0.4 is 0 Å². The number of nitrogens with zero attached hydrogens (tertiary/aromatic N) is 4. The van der Waals surface area contributed by atoms with Gasteiger partial charge in [0.05, 0.1) is 25.9 Å². The minimum absolute atomic E-state index is 0.103. The van der Waals surface area contributed by atoms with Crippen molar-refractivity contribution in [2.75, 3.05) is 12.4 Å². The highest BCUT2D eigenvalue weighted by Gasteiger charge is 2.16. The van der Waals surface area contributed by atoms with E-state index in [2.05, 4.69) is 27.3 Å². The smallest absolute Gasteiger partial charge is 0.191 e. The molecule has 2 heterocycles. The minimum Gasteiger partial charge on any atom is -0.390 e. The molecule has 0 aliphatic carbocycles. The molecule has 32 heavy (non-hydrogen) atoms. The number of aliphatic hydroxyl groups excluding tert-OH is 1. The molecular weight excluding hydrogens is 427 g/mol. The molecule has 1 unspecified atom stereocenters. The van der Waals surface area contributed by atoms with Gasteiger partial charge >= 0.3 is 0 Å². The van der Waals surface area contributed by atoms with Crippen molar-refractivity contribution in [1.82, 2.24) is 19.7 Å². The Hall–Kier alpha value is -3.07. The van der Waals surface area contributed by atoms with Gasteiger partial charge in [0.2, 0.25) is 0 Å². The Morgan fingerprint density at radius 1 is 0.969 bits per heavy atom. The predicted molar refractivity (Wildman–Crippen MR) is 122 cm³/mol. The van der Waals surface area contributed by atoms with Crippen LogP contribution in [-0.4, -0.2) is 43.3 Å². The molecule has 0 aliphatic heterocycles. The van der Waals surface area contributed by atoms with Crippen molar-refractivity contribution in [1.29, 1.82) is 0 Å². The lowest BCUT2D eigenvalue weighted by Crippen LogP contribution is -2.18. The highest BCUT2D eigenvalue weighted by Crippen LogP contribution is 2.25. The van der Waals surface area contributed by atoms with Crippen LogP contribution in [0.25, 0.3) is 11.4 Å². The van der Waals surface area contributed by atoms with E-state index in [1.807, 2.05) is 34.9 Å². The Morgan fingerprint density at radius 2 is 1.72 bits per heavy atom. The highest BCUT2D eigenvalue weighted by atomic mass is 32.2. The number of aliphatic hydroxyl groups is 1. The van der Waals surface area contributed by atoms with Crippen LogP contribution in [0.1, 0.15) is 11.1 Å². The maximum atomic E-state index is 13.7. The molecule has 2 aromatic carbocycles. The number of benzene rings is 2. The summed E-state index contributed by atoms with van der Waals surface area (Å²) in [5.41, 5.74) is 2.51. The average molecular weight is 451 g/mol. The fourth-order valence-corrected chi connectivity index (χ4v) is 4.00. The van der Waals surface area contributed by atoms with Gasteiger partial charge in [-0.25, -0.2) is 4.39 Å². The molecule has 1 atom stereocenters. The molecule has 0 saturated heterocycles. The Bertz CT molecular complexity index is 1130. The van der Waals surface area contributed by atoms with Gasteiger partial charge in [0.15, 0.2) is 11.0 Å². The minimum atomic E-state index is -0.724. The number of thioether (sulfide) groups is 1. The van der Waals surface area contributed by atoms with Gasteiger partial charge in [-0.05, 0) is 23.8 Å². The zero-order chi connectivity index (χ0) is 22.2. The van der Waals surface area contributed by atoms with E-state index in [-0.39, 0.29) is 19.0 Å². The first-order valence-electron chi connectivity index (χ1n) is 10.2. The van der Waals surface area contributed by atoms with Crippen LogP contribution in [0.2, 0.25) is 0 Å². The summed E-state index contributed by atoms with van der Waals surface area (Å²) in [6.07, 6.45) is 2.72. The van der Waals surface area contributed by atoms with Crippen LogP contribution in [0.15, 0.2) is 84.3 Å². The summed E-state index contributed by atoms with van der Waals surface area (Å²) in [4.78, 5) is 4.07. The third-order valence-electron chi connectivity index (χ3n) is 4.77. The van der Waals surface area contributed by atoms with Crippen LogP contribution in [0.5, 0.6) is 0 Å². The summed E-state index contributed by atoms with van der Waals surface area (Å²) >= 11 is 1.41. The molecule has 0 fully saturated rings. The lowest BCUT2D eigenvalue weighted by Gasteiger charge is -2.13. The molecule has 2 aromatic heterocycles. The summed E-state index contributed by atoms with van der Waals surface area (Å²) in [5, 5.41) is 19.8. The van der Waals surface area contributed by atoms with Crippen molar-refractivity contribution in [3.8, 4) is 11.4 Å². The molecular formula is C24H23FN4O2S. The first-order valence-corrected chi connectivity index (χ1v) is 11.2. The lowest BCUT2D eigenvalue weighted by molar-refractivity contribution is 0.0386. The normalized spacial score (nSPS) is 12.1. The van der Waals surface area contributed by atoms with Gasteiger partial charge in [-0.2, -0.15) is 0 Å². The Balaban J connectivity index is 1.41. The van der Waals surface area contributed by atoms with Gasteiger partial charge < -0.3 is 9.84 Å². The van der Waals surface area contributed by atoms with E-state index < -0.39 is 6.10 Å². The van der Waals surface area contributed by atoms with Crippen molar-refractivity contribution in [3.63, 3.8) is 0 Å². The number of aromatic nitrogens is 4. The van der Waals surface area contributed by atoms with Crippen LogP contribution in [-0.2, 0) is 17.9 Å². The molecule has 0 spiro atoms. The van der Waals surface area contributed by atoms with Crippen molar-refractivity contribution in [2.24, 2.45) is 0 Å². The first-order chi connectivity index (χ1) is 15.7. The average Bonchev–Trinajstić information content (AvgIpc) is 3.22. The summed E-state index contributed by atoms with van der Waals surface area (Å²) in [6.45, 7) is 0.823. The molecule has 1 N–H and O–H groups in total. The Kier molecular flexibility index (Phi) is 7.60. The fourth-order valence-electron chi connectivity index (χ4n) is 3.16. The molecule has 4 rings (SSSR count). The number of hydrogen-bond donors (Lipinski definition) is 1. The summed E-state index contributed by atoms with van der Waals surface area (Å²) in [7, 11) is 0. The van der Waals surface area contributed by atoms with Crippen LogP contribution in [0.3, 0.4) is 0 Å². The van der Waals surface area contributed by atoms with Crippen molar-refractivity contribution in [3.05, 3.63) is 96.1 Å². The summed E-state index contributed by atoms with van der Waals surface area (Å²) in [5.74, 6) is 0.804. The molecule has 0 aliphatic rings. The molecule has 6 nitrogen and oxygen atoms in total. The number of hydrogen-bond acceptors (Lipinski definition) is 6. The molecule has 164 valence electrons. The molecule has 4 aromatic rings. The Morgan fingerprint density at radius 3 is 2.50 bits per heavy atom. The van der Waals surface area contributed by atoms with Crippen LogP contribution in [0, 0.1) is 5.82 Å². The predicted octanol–water partition coefficient (Wildman–Crippen LogP) is 4.20. The van der Waals surface area contributed by atoms with Gasteiger partial charge in [-0.1, -0.05) is 60.3 Å². The number of pyridine rings is 1. The second-order valence-electron chi connectivity index (χ2n) is 7.19. The second kappa shape index (κ2) is 11.0. The molecule has 0 saturated carbocycles. The maximum Gasteiger partial charge on any atom is 0.191 e.